The molecule has 1 aromatic rings. The molecule has 0 bridgehead atoms. The van der Waals surface area contributed by atoms with Crippen molar-refractivity contribution in [3.8, 4) is 0 Å². The van der Waals surface area contributed by atoms with Crippen molar-refractivity contribution in [3.05, 3.63) is 29.3 Å². The topological polar surface area (TPSA) is 51.2 Å². The monoisotopic (exact) mass is 224 g/mol. The predicted octanol–water partition coefficient (Wildman–Crippen LogP) is 1.56. The summed E-state index contributed by atoms with van der Waals surface area (Å²) in [6.07, 6.45) is 0.737. The summed E-state index contributed by atoms with van der Waals surface area (Å²) >= 11 is 0. The van der Waals surface area contributed by atoms with Crippen molar-refractivity contribution >= 4 is 16.1 Å². The largest absolute Gasteiger partial charge is 0.298 e. The van der Waals surface area contributed by atoms with Crippen molar-refractivity contribution in [2.45, 2.75) is 24.2 Å². The molecule has 1 aliphatic rings. The molecule has 0 saturated carbocycles. The first-order chi connectivity index (χ1) is 6.87. The SMILES string of the molecule is CC1(C)CS(=O)(=O)c2ccc(C=O)cc21. The Hall–Kier alpha value is -1.16. The molecule has 3 nitrogen and oxygen atoms in total. The highest BCUT2D eigenvalue weighted by Crippen LogP contribution is 2.39. The molecule has 1 aromatic carbocycles. The molecule has 0 unspecified atom stereocenters. The summed E-state index contributed by atoms with van der Waals surface area (Å²) in [5, 5.41) is 0. The summed E-state index contributed by atoms with van der Waals surface area (Å²) in [6, 6.07) is 4.75. The highest BCUT2D eigenvalue weighted by Gasteiger charge is 2.40. The van der Waals surface area contributed by atoms with Gasteiger partial charge in [0.2, 0.25) is 0 Å². The third kappa shape index (κ3) is 1.49. The summed E-state index contributed by atoms with van der Waals surface area (Å²) in [5.74, 6) is 0.123. The smallest absolute Gasteiger partial charge is 0.179 e. The number of carbonyl (C=O) groups excluding carboxylic acids is 1. The lowest BCUT2D eigenvalue weighted by molar-refractivity contribution is 0.112. The van der Waals surface area contributed by atoms with E-state index >= 15 is 0 Å². The minimum Gasteiger partial charge on any atom is -0.298 e. The molecule has 0 aromatic heterocycles. The average molecular weight is 224 g/mol. The highest BCUT2D eigenvalue weighted by atomic mass is 32.2. The molecular weight excluding hydrogens is 212 g/mol. The average Bonchev–Trinajstić information content (AvgIpc) is 2.32. The summed E-state index contributed by atoms with van der Waals surface area (Å²) in [5.41, 5.74) is 0.888. The van der Waals surface area contributed by atoms with Crippen LogP contribution >= 0.6 is 0 Å². The van der Waals surface area contributed by atoms with Gasteiger partial charge in [-0.25, -0.2) is 8.42 Å². The summed E-state index contributed by atoms with van der Waals surface area (Å²) in [4.78, 5) is 11.0. The summed E-state index contributed by atoms with van der Waals surface area (Å²) in [6.45, 7) is 3.76. The van der Waals surface area contributed by atoms with E-state index in [0.29, 0.717) is 10.5 Å². The van der Waals surface area contributed by atoms with Crippen LogP contribution in [0.5, 0.6) is 0 Å². The Bertz CT molecular complexity index is 527. The predicted molar refractivity (Wildman–Crippen MR) is 56.9 cm³/mol. The van der Waals surface area contributed by atoms with E-state index in [2.05, 4.69) is 0 Å². The Morgan fingerprint density at radius 1 is 1.33 bits per heavy atom. The number of aldehydes is 1. The first-order valence-electron chi connectivity index (χ1n) is 4.69. The fourth-order valence-electron chi connectivity index (χ4n) is 2.05. The quantitative estimate of drug-likeness (QED) is 0.680. The number of fused-ring (bicyclic) bond motifs is 1. The van der Waals surface area contributed by atoms with Gasteiger partial charge in [0.05, 0.1) is 10.6 Å². The fraction of sp³-hybridized carbons (Fsp3) is 0.364. The number of sulfone groups is 1. The normalized spacial score (nSPS) is 20.9. The Labute approximate surface area is 89.0 Å². The zero-order valence-electron chi connectivity index (χ0n) is 8.65. The number of carbonyl (C=O) groups is 1. The maximum Gasteiger partial charge on any atom is 0.179 e. The molecule has 0 aliphatic carbocycles. The Balaban J connectivity index is 2.76. The fourth-order valence-corrected chi connectivity index (χ4v) is 4.26. The maximum atomic E-state index is 11.8. The Kier molecular flexibility index (Phi) is 2.01. The zero-order chi connectivity index (χ0) is 11.3. The third-order valence-electron chi connectivity index (χ3n) is 2.75. The van der Waals surface area contributed by atoms with Gasteiger partial charge in [-0.05, 0) is 17.7 Å². The lowest BCUT2D eigenvalue weighted by Crippen LogP contribution is -2.19. The highest BCUT2D eigenvalue weighted by molar-refractivity contribution is 7.91. The standard InChI is InChI=1S/C11H12O3S/c1-11(2)7-15(13,14)10-4-3-8(6-12)5-9(10)11/h3-6H,7H2,1-2H3. The molecule has 0 saturated heterocycles. The van der Waals surface area contributed by atoms with Crippen LogP contribution in [0.15, 0.2) is 23.1 Å². The summed E-state index contributed by atoms with van der Waals surface area (Å²) < 4.78 is 23.6. The number of rotatable bonds is 1. The molecule has 0 fully saturated rings. The molecule has 0 atom stereocenters. The molecule has 2 rings (SSSR count). The lowest BCUT2D eigenvalue weighted by Gasteiger charge is -2.16. The molecular formula is C11H12O3S. The van der Waals surface area contributed by atoms with Gasteiger partial charge in [-0.2, -0.15) is 0 Å². The van der Waals surface area contributed by atoms with E-state index in [1.807, 2.05) is 13.8 Å². The van der Waals surface area contributed by atoms with Crippen LogP contribution in [0.4, 0.5) is 0 Å². The summed E-state index contributed by atoms with van der Waals surface area (Å²) in [7, 11) is -3.15. The second kappa shape index (κ2) is 2.92. The van der Waals surface area contributed by atoms with Crippen molar-refractivity contribution in [1.82, 2.24) is 0 Å². The van der Waals surface area contributed by atoms with E-state index in [1.165, 1.54) is 6.07 Å². The van der Waals surface area contributed by atoms with E-state index in [0.717, 1.165) is 11.8 Å². The molecule has 80 valence electrons. The van der Waals surface area contributed by atoms with Gasteiger partial charge in [0.15, 0.2) is 9.84 Å². The van der Waals surface area contributed by atoms with Crippen LogP contribution in [0.1, 0.15) is 29.8 Å². The van der Waals surface area contributed by atoms with Gasteiger partial charge in [-0.3, -0.25) is 4.79 Å². The van der Waals surface area contributed by atoms with Crippen LogP contribution in [-0.4, -0.2) is 20.5 Å². The van der Waals surface area contributed by atoms with Crippen molar-refractivity contribution in [1.29, 1.82) is 0 Å². The van der Waals surface area contributed by atoms with Gasteiger partial charge in [-0.15, -0.1) is 0 Å². The van der Waals surface area contributed by atoms with Crippen molar-refractivity contribution in [2.75, 3.05) is 5.75 Å². The van der Waals surface area contributed by atoms with Gasteiger partial charge in [0.25, 0.3) is 0 Å². The first-order valence-corrected chi connectivity index (χ1v) is 6.34. The van der Waals surface area contributed by atoms with E-state index < -0.39 is 15.3 Å². The minimum absolute atomic E-state index is 0.123. The maximum absolute atomic E-state index is 11.8. The van der Waals surface area contributed by atoms with Gasteiger partial charge in [0.1, 0.15) is 6.29 Å². The molecule has 1 aliphatic heterocycles. The Morgan fingerprint density at radius 3 is 2.60 bits per heavy atom. The molecule has 0 spiro atoms. The minimum atomic E-state index is -3.15. The first kappa shape index (κ1) is 10.4. The molecule has 1 heterocycles. The second-order valence-corrected chi connectivity index (χ2v) is 6.47. The molecule has 15 heavy (non-hydrogen) atoms. The number of hydrogen-bond donors (Lipinski definition) is 0. The van der Waals surface area contributed by atoms with Crippen molar-refractivity contribution < 1.29 is 13.2 Å². The van der Waals surface area contributed by atoms with Gasteiger partial charge in [0, 0.05) is 11.0 Å². The molecule has 0 amide bonds. The molecule has 4 heteroatoms. The van der Waals surface area contributed by atoms with Gasteiger partial charge in [-0.1, -0.05) is 19.9 Å². The van der Waals surface area contributed by atoms with Crippen LogP contribution in [0, 0.1) is 0 Å². The van der Waals surface area contributed by atoms with E-state index in [-0.39, 0.29) is 5.75 Å². The zero-order valence-corrected chi connectivity index (χ0v) is 9.47. The van der Waals surface area contributed by atoms with E-state index in [9.17, 15) is 13.2 Å². The number of hydrogen-bond acceptors (Lipinski definition) is 3. The Morgan fingerprint density at radius 2 is 2.00 bits per heavy atom. The molecule has 0 N–H and O–H groups in total. The number of benzene rings is 1. The van der Waals surface area contributed by atoms with Crippen molar-refractivity contribution in [2.24, 2.45) is 0 Å². The van der Waals surface area contributed by atoms with E-state index in [4.69, 9.17) is 0 Å². The van der Waals surface area contributed by atoms with Crippen LogP contribution < -0.4 is 0 Å². The lowest BCUT2D eigenvalue weighted by atomic mass is 9.86. The van der Waals surface area contributed by atoms with E-state index in [1.54, 1.807) is 12.1 Å². The van der Waals surface area contributed by atoms with Crippen molar-refractivity contribution in [3.63, 3.8) is 0 Å². The van der Waals surface area contributed by atoms with Crippen LogP contribution in [0.3, 0.4) is 0 Å². The van der Waals surface area contributed by atoms with Crippen LogP contribution in [-0.2, 0) is 15.3 Å². The van der Waals surface area contributed by atoms with Crippen LogP contribution in [0.2, 0.25) is 0 Å². The molecule has 0 radical (unpaired) electrons. The van der Waals surface area contributed by atoms with Gasteiger partial charge >= 0.3 is 0 Å². The third-order valence-corrected chi connectivity index (χ3v) is 4.88. The van der Waals surface area contributed by atoms with Crippen LogP contribution in [0.25, 0.3) is 0 Å². The van der Waals surface area contributed by atoms with Gasteiger partial charge < -0.3 is 0 Å². The second-order valence-electron chi connectivity index (χ2n) is 4.52.